The van der Waals surface area contributed by atoms with Gasteiger partial charge in [0.2, 0.25) is 0 Å². The Labute approximate surface area is 103 Å². The lowest BCUT2D eigenvalue weighted by Crippen LogP contribution is -2.17. The molecular weight excluding hydrogens is 224 g/mol. The summed E-state index contributed by atoms with van der Waals surface area (Å²) in [5.41, 5.74) is 0.310. The summed E-state index contributed by atoms with van der Waals surface area (Å²) in [4.78, 5) is 11.1. The van der Waals surface area contributed by atoms with Gasteiger partial charge in [-0.05, 0) is 20.8 Å². The Bertz CT molecular complexity index is 227. The first-order chi connectivity index (χ1) is 8.11. The van der Waals surface area contributed by atoms with E-state index in [-0.39, 0.29) is 12.9 Å². The third-order valence-corrected chi connectivity index (χ3v) is 1.82. The average molecular weight is 246 g/mol. The van der Waals surface area contributed by atoms with E-state index in [0.29, 0.717) is 32.0 Å². The predicted molar refractivity (Wildman–Crippen MR) is 63.6 cm³/mol. The van der Waals surface area contributed by atoms with E-state index < -0.39 is 5.97 Å². The van der Waals surface area contributed by atoms with E-state index in [1.807, 2.05) is 13.8 Å². The fourth-order valence-corrected chi connectivity index (χ4v) is 1.04. The van der Waals surface area contributed by atoms with Crippen LogP contribution in [0, 0.1) is 0 Å². The minimum atomic E-state index is -0.420. The molecule has 0 rings (SSSR count). The second-order valence-corrected chi connectivity index (χ2v) is 3.27. The minimum absolute atomic E-state index is 0.158. The van der Waals surface area contributed by atoms with Gasteiger partial charge in [0.15, 0.2) is 6.29 Å². The Hall–Kier alpha value is -0.910. The van der Waals surface area contributed by atoms with Gasteiger partial charge in [0.05, 0.1) is 32.0 Å². The summed E-state index contributed by atoms with van der Waals surface area (Å²) < 4.78 is 20.4. The Morgan fingerprint density at radius 3 is 2.47 bits per heavy atom. The molecule has 0 amide bonds. The molecule has 0 saturated carbocycles. The lowest BCUT2D eigenvalue weighted by Gasteiger charge is -2.12. The van der Waals surface area contributed by atoms with Crippen LogP contribution in [0.15, 0.2) is 12.2 Å². The maximum Gasteiger partial charge on any atom is 0.335 e. The molecule has 5 nitrogen and oxygen atoms in total. The first-order valence-corrected chi connectivity index (χ1v) is 5.77. The molecule has 100 valence electrons. The Balaban J connectivity index is 3.45. The lowest BCUT2D eigenvalue weighted by atomic mass is 10.3. The van der Waals surface area contributed by atoms with Crippen LogP contribution < -0.4 is 0 Å². The molecule has 0 saturated heterocycles. The van der Waals surface area contributed by atoms with Gasteiger partial charge in [-0.15, -0.1) is 0 Å². The molecule has 0 aliphatic rings. The van der Waals surface area contributed by atoms with E-state index in [0.717, 1.165) is 0 Å². The molecule has 0 aromatic heterocycles. The highest BCUT2D eigenvalue weighted by atomic mass is 16.7. The van der Waals surface area contributed by atoms with Crippen LogP contribution in [0.1, 0.15) is 20.8 Å². The van der Waals surface area contributed by atoms with Gasteiger partial charge in [-0.25, -0.2) is 4.79 Å². The summed E-state index contributed by atoms with van der Waals surface area (Å²) in [7, 11) is 0. The number of hydrogen-bond acceptors (Lipinski definition) is 5. The minimum Gasteiger partial charge on any atom is -0.463 e. The molecule has 1 atom stereocenters. The highest BCUT2D eigenvalue weighted by Gasteiger charge is 2.07. The fourth-order valence-electron chi connectivity index (χ4n) is 1.04. The molecule has 0 aromatic carbocycles. The van der Waals surface area contributed by atoms with E-state index >= 15 is 0 Å². The van der Waals surface area contributed by atoms with Crippen LogP contribution in [0.5, 0.6) is 0 Å². The third kappa shape index (κ3) is 8.85. The number of carbonyl (C=O) groups excluding carboxylic acids is 1. The summed E-state index contributed by atoms with van der Waals surface area (Å²) in [6, 6.07) is 0. The molecule has 0 radical (unpaired) electrons. The van der Waals surface area contributed by atoms with E-state index in [4.69, 9.17) is 18.9 Å². The van der Waals surface area contributed by atoms with Crippen molar-refractivity contribution in [2.24, 2.45) is 0 Å². The van der Waals surface area contributed by atoms with Gasteiger partial charge < -0.3 is 18.9 Å². The van der Waals surface area contributed by atoms with Crippen molar-refractivity contribution in [1.29, 1.82) is 0 Å². The van der Waals surface area contributed by atoms with Gasteiger partial charge in [0.1, 0.15) is 0 Å². The van der Waals surface area contributed by atoms with Crippen molar-refractivity contribution < 1.29 is 23.7 Å². The zero-order valence-corrected chi connectivity index (χ0v) is 10.9. The molecule has 0 fully saturated rings. The molecule has 5 heteroatoms. The number of ether oxygens (including phenoxy) is 4. The van der Waals surface area contributed by atoms with Crippen molar-refractivity contribution >= 4 is 5.97 Å². The van der Waals surface area contributed by atoms with Crippen LogP contribution in [0.4, 0.5) is 0 Å². The largest absolute Gasteiger partial charge is 0.463 e. The van der Waals surface area contributed by atoms with Crippen molar-refractivity contribution in [1.82, 2.24) is 0 Å². The Morgan fingerprint density at radius 2 is 1.88 bits per heavy atom. The van der Waals surface area contributed by atoms with E-state index in [1.165, 1.54) is 0 Å². The number of hydrogen-bond donors (Lipinski definition) is 0. The average Bonchev–Trinajstić information content (AvgIpc) is 2.29. The van der Waals surface area contributed by atoms with E-state index in [2.05, 4.69) is 6.58 Å². The molecule has 0 spiro atoms. The van der Waals surface area contributed by atoms with Crippen molar-refractivity contribution in [3.8, 4) is 0 Å². The zero-order chi connectivity index (χ0) is 13.1. The van der Waals surface area contributed by atoms with E-state index in [1.54, 1.807) is 6.92 Å². The Kier molecular flexibility index (Phi) is 9.71. The van der Waals surface area contributed by atoms with Crippen molar-refractivity contribution in [2.75, 3.05) is 33.0 Å². The number of rotatable bonds is 10. The molecule has 0 aliphatic carbocycles. The SMILES string of the molecule is C=C(COCCOC(C)OCC)C(=O)OCC. The van der Waals surface area contributed by atoms with Crippen LogP contribution in [0.3, 0.4) is 0 Å². The van der Waals surface area contributed by atoms with Crippen molar-refractivity contribution in [2.45, 2.75) is 27.1 Å². The summed E-state index contributed by atoms with van der Waals surface area (Å²) in [5, 5.41) is 0. The summed E-state index contributed by atoms with van der Waals surface area (Å²) in [6.45, 7) is 10.9. The van der Waals surface area contributed by atoms with Gasteiger partial charge in [-0.3, -0.25) is 0 Å². The fraction of sp³-hybridized carbons (Fsp3) is 0.750. The molecule has 0 heterocycles. The summed E-state index contributed by atoms with van der Waals surface area (Å²) in [5.74, 6) is -0.420. The highest BCUT2D eigenvalue weighted by Crippen LogP contribution is 1.97. The highest BCUT2D eigenvalue weighted by molar-refractivity contribution is 5.87. The van der Waals surface area contributed by atoms with Gasteiger partial charge in [-0.1, -0.05) is 6.58 Å². The first-order valence-electron chi connectivity index (χ1n) is 5.77. The quantitative estimate of drug-likeness (QED) is 0.253. The summed E-state index contributed by atoms with van der Waals surface area (Å²) in [6.07, 6.45) is -0.239. The van der Waals surface area contributed by atoms with Gasteiger partial charge in [0.25, 0.3) is 0 Å². The van der Waals surface area contributed by atoms with Gasteiger partial charge in [-0.2, -0.15) is 0 Å². The van der Waals surface area contributed by atoms with Crippen molar-refractivity contribution in [3.63, 3.8) is 0 Å². The van der Waals surface area contributed by atoms with Crippen LogP contribution in [-0.2, 0) is 23.7 Å². The molecule has 0 bridgehead atoms. The molecule has 0 aromatic rings. The monoisotopic (exact) mass is 246 g/mol. The topological polar surface area (TPSA) is 54.0 Å². The molecule has 0 N–H and O–H groups in total. The maximum atomic E-state index is 11.1. The van der Waals surface area contributed by atoms with Crippen LogP contribution in [0.25, 0.3) is 0 Å². The van der Waals surface area contributed by atoms with Crippen LogP contribution >= 0.6 is 0 Å². The second kappa shape index (κ2) is 10.3. The molecule has 0 aliphatic heterocycles. The van der Waals surface area contributed by atoms with Gasteiger partial charge >= 0.3 is 5.97 Å². The zero-order valence-electron chi connectivity index (χ0n) is 10.9. The predicted octanol–water partition coefficient (Wildman–Crippen LogP) is 1.52. The maximum absolute atomic E-state index is 11.1. The molecule has 17 heavy (non-hydrogen) atoms. The standard InChI is InChI=1S/C12H22O5/c1-5-15-11(4)17-8-7-14-9-10(3)12(13)16-6-2/h11H,3,5-9H2,1-2,4H3. The van der Waals surface area contributed by atoms with Gasteiger partial charge in [0, 0.05) is 6.61 Å². The molecular formula is C12H22O5. The number of carbonyl (C=O) groups is 1. The Morgan fingerprint density at radius 1 is 1.18 bits per heavy atom. The lowest BCUT2D eigenvalue weighted by molar-refractivity contribution is -0.141. The smallest absolute Gasteiger partial charge is 0.335 e. The van der Waals surface area contributed by atoms with E-state index in [9.17, 15) is 4.79 Å². The van der Waals surface area contributed by atoms with Crippen molar-refractivity contribution in [3.05, 3.63) is 12.2 Å². The van der Waals surface area contributed by atoms with Crippen LogP contribution in [0.2, 0.25) is 0 Å². The first kappa shape index (κ1) is 16.1. The normalized spacial score (nSPS) is 12.2. The van der Waals surface area contributed by atoms with Crippen LogP contribution in [-0.4, -0.2) is 45.3 Å². The second-order valence-electron chi connectivity index (χ2n) is 3.27. The third-order valence-electron chi connectivity index (χ3n) is 1.82. The molecule has 1 unspecified atom stereocenters. The summed E-state index contributed by atoms with van der Waals surface area (Å²) >= 11 is 0. The number of esters is 1.